The van der Waals surface area contributed by atoms with Crippen molar-refractivity contribution in [3.63, 3.8) is 0 Å². The van der Waals surface area contributed by atoms with Crippen LogP contribution in [0.2, 0.25) is 0 Å². The first kappa shape index (κ1) is 11.9. The lowest BCUT2D eigenvalue weighted by Crippen LogP contribution is -2.61. The third-order valence-electron chi connectivity index (χ3n) is 3.11. The summed E-state index contributed by atoms with van der Waals surface area (Å²) >= 11 is 3.53. The zero-order valence-electron chi connectivity index (χ0n) is 10.1. The van der Waals surface area contributed by atoms with Crippen LogP contribution in [0.25, 0.3) is 0 Å². The van der Waals surface area contributed by atoms with Crippen LogP contribution >= 0.6 is 15.9 Å². The van der Waals surface area contributed by atoms with E-state index in [-0.39, 0.29) is 5.54 Å². The van der Waals surface area contributed by atoms with Crippen molar-refractivity contribution in [1.82, 2.24) is 5.32 Å². The quantitative estimate of drug-likeness (QED) is 0.852. The van der Waals surface area contributed by atoms with E-state index in [0.29, 0.717) is 6.04 Å². The number of anilines is 1. The van der Waals surface area contributed by atoms with Crippen molar-refractivity contribution >= 4 is 21.6 Å². The van der Waals surface area contributed by atoms with Gasteiger partial charge in [-0.3, -0.25) is 0 Å². The molecule has 0 bridgehead atoms. The Bertz CT molecular complexity index is 376. The summed E-state index contributed by atoms with van der Waals surface area (Å²) in [6.07, 6.45) is 0. The van der Waals surface area contributed by atoms with Crippen molar-refractivity contribution in [2.24, 2.45) is 0 Å². The summed E-state index contributed by atoms with van der Waals surface area (Å²) < 4.78 is 1.15. The molecule has 1 aromatic carbocycles. The number of benzene rings is 1. The van der Waals surface area contributed by atoms with Crippen LogP contribution in [-0.4, -0.2) is 24.7 Å². The van der Waals surface area contributed by atoms with Crippen molar-refractivity contribution in [2.45, 2.75) is 32.4 Å². The third kappa shape index (κ3) is 2.58. The van der Waals surface area contributed by atoms with Crippen molar-refractivity contribution in [2.75, 3.05) is 18.0 Å². The molecule has 16 heavy (non-hydrogen) atoms. The summed E-state index contributed by atoms with van der Waals surface area (Å²) in [5.41, 5.74) is 1.49. The minimum Gasteiger partial charge on any atom is -0.366 e. The smallest absolute Gasteiger partial charge is 0.0387 e. The number of halogens is 1. The van der Waals surface area contributed by atoms with Crippen LogP contribution in [0.4, 0.5) is 5.69 Å². The van der Waals surface area contributed by atoms with E-state index in [1.54, 1.807) is 0 Å². The summed E-state index contributed by atoms with van der Waals surface area (Å²) in [5, 5.41) is 3.57. The van der Waals surface area contributed by atoms with E-state index < -0.39 is 0 Å². The topological polar surface area (TPSA) is 15.3 Å². The first-order valence-electron chi connectivity index (χ1n) is 5.75. The average molecular weight is 283 g/mol. The van der Waals surface area contributed by atoms with Gasteiger partial charge in [0.15, 0.2) is 0 Å². The molecular formula is C13H19BrN2. The predicted molar refractivity (Wildman–Crippen MR) is 73.0 cm³/mol. The molecule has 1 aliphatic heterocycles. The van der Waals surface area contributed by atoms with E-state index in [1.165, 1.54) is 5.69 Å². The second-order valence-corrected chi connectivity index (χ2v) is 6.14. The lowest BCUT2D eigenvalue weighted by Gasteiger charge is -2.44. The molecule has 1 heterocycles. The molecule has 0 amide bonds. The molecule has 0 aliphatic carbocycles. The van der Waals surface area contributed by atoms with Gasteiger partial charge in [-0.15, -0.1) is 0 Å². The normalized spacial score (nSPS) is 24.5. The Kier molecular flexibility index (Phi) is 3.27. The zero-order valence-corrected chi connectivity index (χ0v) is 11.7. The number of piperazine rings is 1. The first-order chi connectivity index (χ1) is 7.48. The van der Waals surface area contributed by atoms with Crippen molar-refractivity contribution in [3.05, 3.63) is 28.7 Å². The molecule has 0 radical (unpaired) electrons. The minimum atomic E-state index is 0.189. The Labute approximate surface area is 106 Å². The summed E-state index contributed by atoms with van der Waals surface area (Å²) in [7, 11) is 0. The van der Waals surface area contributed by atoms with E-state index in [0.717, 1.165) is 17.6 Å². The molecule has 88 valence electrons. The van der Waals surface area contributed by atoms with E-state index in [2.05, 4.69) is 71.2 Å². The van der Waals surface area contributed by atoms with E-state index >= 15 is 0 Å². The van der Waals surface area contributed by atoms with Gasteiger partial charge in [-0.2, -0.15) is 0 Å². The highest BCUT2D eigenvalue weighted by molar-refractivity contribution is 9.10. The molecule has 2 nitrogen and oxygen atoms in total. The van der Waals surface area contributed by atoms with Crippen LogP contribution < -0.4 is 10.2 Å². The Hall–Kier alpha value is -0.540. The average Bonchev–Trinajstić information content (AvgIpc) is 2.22. The van der Waals surface area contributed by atoms with E-state index in [4.69, 9.17) is 0 Å². The maximum atomic E-state index is 3.57. The zero-order chi connectivity index (χ0) is 11.8. The van der Waals surface area contributed by atoms with Crippen molar-refractivity contribution in [1.29, 1.82) is 0 Å². The predicted octanol–water partition coefficient (Wildman–Crippen LogP) is 3.03. The number of hydrogen-bond donors (Lipinski definition) is 1. The fraction of sp³-hybridized carbons (Fsp3) is 0.538. The van der Waals surface area contributed by atoms with Gasteiger partial charge in [0.25, 0.3) is 0 Å². The van der Waals surface area contributed by atoms with E-state index in [1.807, 2.05) is 0 Å². The monoisotopic (exact) mass is 282 g/mol. The second kappa shape index (κ2) is 4.38. The van der Waals surface area contributed by atoms with Gasteiger partial charge in [-0.1, -0.05) is 22.0 Å². The van der Waals surface area contributed by atoms with Gasteiger partial charge in [-0.05, 0) is 39.0 Å². The largest absolute Gasteiger partial charge is 0.366 e. The van der Waals surface area contributed by atoms with Gasteiger partial charge in [0.1, 0.15) is 0 Å². The highest BCUT2D eigenvalue weighted by Gasteiger charge is 2.30. The highest BCUT2D eigenvalue weighted by Crippen LogP contribution is 2.25. The molecule has 1 fully saturated rings. The molecule has 1 aliphatic rings. The molecule has 0 saturated carbocycles. The Balaban J connectivity index is 2.25. The molecule has 3 heteroatoms. The molecule has 2 rings (SSSR count). The number of rotatable bonds is 1. The Morgan fingerprint density at radius 1 is 1.44 bits per heavy atom. The SMILES string of the molecule is CC1CNC(C)(C)CN1c1cccc(Br)c1. The molecule has 1 atom stereocenters. The Morgan fingerprint density at radius 2 is 2.19 bits per heavy atom. The van der Waals surface area contributed by atoms with Crippen LogP contribution in [0.5, 0.6) is 0 Å². The van der Waals surface area contributed by atoms with Gasteiger partial charge in [0, 0.05) is 34.8 Å². The fourth-order valence-electron chi connectivity index (χ4n) is 2.17. The van der Waals surface area contributed by atoms with Gasteiger partial charge in [0.2, 0.25) is 0 Å². The van der Waals surface area contributed by atoms with Crippen LogP contribution in [-0.2, 0) is 0 Å². The molecule has 0 spiro atoms. The first-order valence-corrected chi connectivity index (χ1v) is 6.54. The molecule has 1 unspecified atom stereocenters. The maximum Gasteiger partial charge on any atom is 0.0387 e. The molecule has 0 aromatic heterocycles. The minimum absolute atomic E-state index is 0.189. The maximum absolute atomic E-state index is 3.57. The molecule has 1 saturated heterocycles. The van der Waals surface area contributed by atoms with Crippen molar-refractivity contribution in [3.8, 4) is 0 Å². The van der Waals surface area contributed by atoms with Crippen molar-refractivity contribution < 1.29 is 0 Å². The summed E-state index contributed by atoms with van der Waals surface area (Å²) in [6, 6.07) is 9.09. The third-order valence-corrected chi connectivity index (χ3v) is 3.61. The lowest BCUT2D eigenvalue weighted by atomic mass is 9.98. The highest BCUT2D eigenvalue weighted by atomic mass is 79.9. The fourth-order valence-corrected chi connectivity index (χ4v) is 2.56. The van der Waals surface area contributed by atoms with Crippen LogP contribution in [0.3, 0.4) is 0 Å². The van der Waals surface area contributed by atoms with Gasteiger partial charge < -0.3 is 10.2 Å². The standard InChI is InChI=1S/C13H19BrN2/c1-10-8-15-13(2,3)9-16(10)12-6-4-5-11(14)7-12/h4-7,10,15H,8-9H2,1-3H3. The molecule has 1 N–H and O–H groups in total. The summed E-state index contributed by atoms with van der Waals surface area (Å²) in [4.78, 5) is 2.47. The Morgan fingerprint density at radius 3 is 2.88 bits per heavy atom. The van der Waals surface area contributed by atoms with Crippen LogP contribution in [0, 0.1) is 0 Å². The summed E-state index contributed by atoms with van der Waals surface area (Å²) in [6.45, 7) is 8.86. The number of nitrogens with one attached hydrogen (secondary N) is 1. The van der Waals surface area contributed by atoms with Crippen LogP contribution in [0.1, 0.15) is 20.8 Å². The van der Waals surface area contributed by atoms with E-state index in [9.17, 15) is 0 Å². The van der Waals surface area contributed by atoms with Crippen LogP contribution in [0.15, 0.2) is 28.7 Å². The van der Waals surface area contributed by atoms with Gasteiger partial charge >= 0.3 is 0 Å². The lowest BCUT2D eigenvalue weighted by molar-refractivity contribution is 0.318. The number of hydrogen-bond acceptors (Lipinski definition) is 2. The molecular weight excluding hydrogens is 264 g/mol. The number of nitrogens with zero attached hydrogens (tertiary/aromatic N) is 1. The van der Waals surface area contributed by atoms with Gasteiger partial charge in [-0.25, -0.2) is 0 Å². The summed E-state index contributed by atoms with van der Waals surface area (Å²) in [5.74, 6) is 0. The van der Waals surface area contributed by atoms with Gasteiger partial charge in [0.05, 0.1) is 0 Å². The molecule has 1 aromatic rings. The second-order valence-electron chi connectivity index (χ2n) is 5.22.